The number of hydrogen-bond acceptors (Lipinski definition) is 3. The number of aliphatic hydroxyl groups is 1. The summed E-state index contributed by atoms with van der Waals surface area (Å²) in [6.07, 6.45) is 0.0344. The third kappa shape index (κ3) is 2.55. The van der Waals surface area contributed by atoms with Crippen LogP contribution in [0.2, 0.25) is 5.02 Å². The zero-order valence-electron chi connectivity index (χ0n) is 9.08. The maximum atomic E-state index is 9.71. The average Bonchev–Trinajstić information content (AvgIpc) is 2.27. The van der Waals surface area contributed by atoms with Crippen LogP contribution in [0.3, 0.4) is 0 Å². The van der Waals surface area contributed by atoms with E-state index in [0.29, 0.717) is 28.5 Å². The molecule has 84 valence electrons. The van der Waals surface area contributed by atoms with Crippen molar-refractivity contribution < 1.29 is 14.6 Å². The molecule has 0 spiro atoms. The van der Waals surface area contributed by atoms with Crippen molar-refractivity contribution in [3.8, 4) is 11.5 Å². The Morgan fingerprint density at radius 2 is 1.80 bits per heavy atom. The number of aliphatic hydroxyl groups excluding tert-OH is 1. The summed E-state index contributed by atoms with van der Waals surface area (Å²) in [5.41, 5.74) is 0.664. The molecule has 0 heterocycles. The predicted molar refractivity (Wildman–Crippen MR) is 59.8 cm³/mol. The van der Waals surface area contributed by atoms with Crippen molar-refractivity contribution in [1.29, 1.82) is 0 Å². The number of benzene rings is 1. The Morgan fingerprint density at radius 3 is 2.27 bits per heavy atom. The Labute approximate surface area is 94.6 Å². The van der Waals surface area contributed by atoms with Gasteiger partial charge in [0, 0.05) is 11.6 Å². The lowest BCUT2D eigenvalue weighted by Crippen LogP contribution is -1.99. The summed E-state index contributed by atoms with van der Waals surface area (Å²) in [6.45, 7) is 1.89. The summed E-state index contributed by atoms with van der Waals surface area (Å²) >= 11 is 6.02. The normalized spacial score (nSPS) is 12.3. The van der Waals surface area contributed by atoms with Crippen LogP contribution in [0, 0.1) is 0 Å². The van der Waals surface area contributed by atoms with Crippen LogP contribution in [0.5, 0.6) is 11.5 Å². The van der Waals surface area contributed by atoms with Crippen molar-refractivity contribution in [3.63, 3.8) is 0 Å². The van der Waals surface area contributed by atoms with Crippen LogP contribution in [0.15, 0.2) is 12.1 Å². The van der Waals surface area contributed by atoms with Gasteiger partial charge in [0.05, 0.1) is 25.3 Å². The first-order chi connectivity index (χ1) is 7.13. The molecule has 0 unspecified atom stereocenters. The Balaban J connectivity index is 3.19. The fourth-order valence-electron chi connectivity index (χ4n) is 1.35. The highest BCUT2D eigenvalue weighted by atomic mass is 35.5. The van der Waals surface area contributed by atoms with Gasteiger partial charge in [0.25, 0.3) is 0 Å². The van der Waals surface area contributed by atoms with Crippen molar-refractivity contribution in [2.75, 3.05) is 14.2 Å². The molecule has 0 bridgehead atoms. The molecule has 0 aliphatic heterocycles. The van der Waals surface area contributed by atoms with Crippen LogP contribution in [0.25, 0.3) is 0 Å². The highest BCUT2D eigenvalue weighted by Crippen LogP contribution is 2.36. The molecule has 0 aliphatic carbocycles. The third-order valence-corrected chi connectivity index (χ3v) is 2.58. The van der Waals surface area contributed by atoms with Crippen LogP contribution < -0.4 is 9.47 Å². The molecule has 0 saturated carbocycles. The van der Waals surface area contributed by atoms with Crippen LogP contribution in [-0.4, -0.2) is 19.3 Å². The van der Waals surface area contributed by atoms with E-state index < -0.39 is 6.10 Å². The smallest absolute Gasteiger partial charge is 0.162 e. The van der Waals surface area contributed by atoms with Gasteiger partial charge in [-0.2, -0.15) is 0 Å². The number of ether oxygens (including phenoxy) is 2. The molecule has 1 atom stereocenters. The molecule has 1 N–H and O–H groups in total. The van der Waals surface area contributed by atoms with Gasteiger partial charge in [-0.25, -0.2) is 0 Å². The molecule has 15 heavy (non-hydrogen) atoms. The Kier molecular flexibility index (Phi) is 4.24. The van der Waals surface area contributed by atoms with E-state index in [9.17, 15) is 5.11 Å². The van der Waals surface area contributed by atoms with Gasteiger partial charge in [-0.15, -0.1) is 0 Å². The van der Waals surface area contributed by atoms with Crippen molar-refractivity contribution in [1.82, 2.24) is 0 Å². The van der Waals surface area contributed by atoms with Gasteiger partial charge in [-0.1, -0.05) is 18.5 Å². The number of methoxy groups -OCH3 is 2. The lowest BCUT2D eigenvalue weighted by Gasteiger charge is -2.14. The van der Waals surface area contributed by atoms with Gasteiger partial charge in [0.1, 0.15) is 0 Å². The molecular formula is C11H15ClO3. The SMILES string of the molecule is CC[C@@H](O)c1cc(OC)c(OC)cc1Cl. The second-order valence-corrected chi connectivity index (χ2v) is 3.56. The monoisotopic (exact) mass is 230 g/mol. The first-order valence-electron chi connectivity index (χ1n) is 4.73. The highest BCUT2D eigenvalue weighted by molar-refractivity contribution is 6.31. The van der Waals surface area contributed by atoms with E-state index in [1.54, 1.807) is 26.4 Å². The van der Waals surface area contributed by atoms with Crippen LogP contribution >= 0.6 is 11.6 Å². The van der Waals surface area contributed by atoms with E-state index in [0.717, 1.165) is 0 Å². The van der Waals surface area contributed by atoms with Gasteiger partial charge >= 0.3 is 0 Å². The number of rotatable bonds is 4. The Bertz CT molecular complexity index is 339. The van der Waals surface area contributed by atoms with Crippen LogP contribution in [0.1, 0.15) is 25.0 Å². The summed E-state index contributed by atoms with van der Waals surface area (Å²) in [4.78, 5) is 0. The molecule has 3 nitrogen and oxygen atoms in total. The van der Waals surface area contributed by atoms with E-state index >= 15 is 0 Å². The average molecular weight is 231 g/mol. The minimum absolute atomic E-state index is 0.488. The standard InChI is InChI=1S/C11H15ClO3/c1-4-9(13)7-5-10(14-2)11(15-3)6-8(7)12/h5-6,9,13H,4H2,1-3H3/t9-/m1/s1. The lowest BCUT2D eigenvalue weighted by molar-refractivity contribution is 0.173. The van der Waals surface area contributed by atoms with Gasteiger partial charge in [0.15, 0.2) is 11.5 Å². The second-order valence-electron chi connectivity index (χ2n) is 3.15. The first-order valence-corrected chi connectivity index (χ1v) is 5.11. The molecular weight excluding hydrogens is 216 g/mol. The first kappa shape index (κ1) is 12.1. The summed E-state index contributed by atoms with van der Waals surface area (Å²) in [7, 11) is 3.10. The van der Waals surface area contributed by atoms with Crippen molar-refractivity contribution in [3.05, 3.63) is 22.7 Å². The van der Waals surface area contributed by atoms with E-state index in [1.165, 1.54) is 0 Å². The number of hydrogen-bond donors (Lipinski definition) is 1. The number of halogens is 1. The predicted octanol–water partition coefficient (Wildman–Crippen LogP) is 2.80. The summed E-state index contributed by atoms with van der Waals surface area (Å²) < 4.78 is 10.2. The maximum Gasteiger partial charge on any atom is 0.162 e. The fourth-order valence-corrected chi connectivity index (χ4v) is 1.62. The quantitative estimate of drug-likeness (QED) is 0.865. The van der Waals surface area contributed by atoms with E-state index in [2.05, 4.69) is 0 Å². The fraction of sp³-hybridized carbons (Fsp3) is 0.455. The molecule has 4 heteroatoms. The molecule has 1 aromatic carbocycles. The van der Waals surface area contributed by atoms with Gasteiger partial charge < -0.3 is 14.6 Å². The van der Waals surface area contributed by atoms with Crippen LogP contribution in [0.4, 0.5) is 0 Å². The molecule has 1 rings (SSSR count). The highest BCUT2D eigenvalue weighted by Gasteiger charge is 2.14. The zero-order valence-corrected chi connectivity index (χ0v) is 9.84. The summed E-state index contributed by atoms with van der Waals surface area (Å²) in [6, 6.07) is 3.35. The minimum Gasteiger partial charge on any atom is -0.493 e. The second kappa shape index (κ2) is 5.24. The van der Waals surface area contributed by atoms with E-state index in [-0.39, 0.29) is 0 Å². The molecule has 0 amide bonds. The molecule has 1 aromatic rings. The molecule has 0 aliphatic rings. The molecule has 0 saturated heterocycles. The van der Waals surface area contributed by atoms with Gasteiger partial charge in [-0.05, 0) is 12.5 Å². The molecule has 0 fully saturated rings. The topological polar surface area (TPSA) is 38.7 Å². The lowest BCUT2D eigenvalue weighted by atomic mass is 10.1. The van der Waals surface area contributed by atoms with Gasteiger partial charge in [-0.3, -0.25) is 0 Å². The van der Waals surface area contributed by atoms with Crippen molar-refractivity contribution in [2.24, 2.45) is 0 Å². The largest absolute Gasteiger partial charge is 0.493 e. The van der Waals surface area contributed by atoms with E-state index in [1.807, 2.05) is 6.92 Å². The Morgan fingerprint density at radius 1 is 1.27 bits per heavy atom. The van der Waals surface area contributed by atoms with E-state index in [4.69, 9.17) is 21.1 Å². The van der Waals surface area contributed by atoms with Gasteiger partial charge in [0.2, 0.25) is 0 Å². The van der Waals surface area contributed by atoms with Crippen molar-refractivity contribution >= 4 is 11.6 Å². The molecule has 0 aromatic heterocycles. The summed E-state index contributed by atoms with van der Waals surface area (Å²) in [5.74, 6) is 1.14. The minimum atomic E-state index is -0.572. The maximum absolute atomic E-state index is 9.71. The zero-order chi connectivity index (χ0) is 11.4. The molecule has 0 radical (unpaired) electrons. The third-order valence-electron chi connectivity index (χ3n) is 2.25. The van der Waals surface area contributed by atoms with Crippen LogP contribution in [-0.2, 0) is 0 Å². The van der Waals surface area contributed by atoms with Crippen molar-refractivity contribution in [2.45, 2.75) is 19.4 Å². The summed E-state index contributed by atoms with van der Waals surface area (Å²) in [5, 5.41) is 10.2. The Hall–Kier alpha value is -0.930.